The fraction of sp³-hybridized carbons (Fsp3) is 0.200. The van der Waals surface area contributed by atoms with E-state index in [0.29, 0.717) is 16.2 Å². The summed E-state index contributed by atoms with van der Waals surface area (Å²) in [5.74, 6) is -0.405. The topological polar surface area (TPSA) is 61.8 Å². The van der Waals surface area contributed by atoms with Crippen molar-refractivity contribution < 1.29 is 23.8 Å². The number of aryl methyl sites for hydroxylation is 1. The maximum Gasteiger partial charge on any atom is 0.353 e. The highest BCUT2D eigenvalue weighted by atomic mass is 32.1. The van der Waals surface area contributed by atoms with Crippen molar-refractivity contribution in [2.24, 2.45) is 0 Å². The van der Waals surface area contributed by atoms with Crippen LogP contribution >= 0.6 is 11.3 Å². The summed E-state index contributed by atoms with van der Waals surface area (Å²) in [6.45, 7) is 1.91. The molecular formula is C15H14O5S. The number of rotatable bonds is 4. The van der Waals surface area contributed by atoms with Gasteiger partial charge >= 0.3 is 11.9 Å². The highest BCUT2D eigenvalue weighted by Gasteiger charge is 2.16. The van der Waals surface area contributed by atoms with Crippen molar-refractivity contribution in [3.8, 4) is 11.5 Å². The van der Waals surface area contributed by atoms with Crippen molar-refractivity contribution in [1.29, 1.82) is 0 Å². The van der Waals surface area contributed by atoms with Gasteiger partial charge in [-0.15, -0.1) is 11.3 Å². The second kappa shape index (κ2) is 6.41. The average Bonchev–Trinajstić information content (AvgIpc) is 2.93. The molecule has 0 saturated carbocycles. The Kier molecular flexibility index (Phi) is 4.59. The molecule has 6 heteroatoms. The average molecular weight is 306 g/mol. The quantitative estimate of drug-likeness (QED) is 0.641. The molecule has 0 aliphatic carbocycles. The molecule has 0 saturated heterocycles. The molecule has 0 aliphatic rings. The van der Waals surface area contributed by atoms with Gasteiger partial charge in [0.25, 0.3) is 0 Å². The van der Waals surface area contributed by atoms with E-state index in [1.165, 1.54) is 43.8 Å². The van der Waals surface area contributed by atoms with Gasteiger partial charge in [-0.1, -0.05) is 0 Å². The summed E-state index contributed by atoms with van der Waals surface area (Å²) >= 11 is 1.35. The Labute approximate surface area is 126 Å². The van der Waals surface area contributed by atoms with Crippen LogP contribution in [0.3, 0.4) is 0 Å². The van der Waals surface area contributed by atoms with Gasteiger partial charge in [0.05, 0.1) is 19.8 Å². The van der Waals surface area contributed by atoms with E-state index < -0.39 is 11.9 Å². The van der Waals surface area contributed by atoms with Gasteiger partial charge < -0.3 is 14.2 Å². The third-order valence-corrected chi connectivity index (χ3v) is 3.71. The largest absolute Gasteiger partial charge is 0.493 e. The summed E-state index contributed by atoms with van der Waals surface area (Å²) in [6, 6.07) is 8.03. The zero-order chi connectivity index (χ0) is 15.4. The van der Waals surface area contributed by atoms with Crippen LogP contribution in [0.4, 0.5) is 0 Å². The fourth-order valence-corrected chi connectivity index (χ4v) is 2.44. The predicted molar refractivity (Wildman–Crippen MR) is 78.3 cm³/mol. The van der Waals surface area contributed by atoms with Crippen LogP contribution < -0.4 is 9.47 Å². The lowest BCUT2D eigenvalue weighted by Crippen LogP contribution is -2.08. The Morgan fingerprint density at radius 3 is 2.33 bits per heavy atom. The number of benzene rings is 1. The van der Waals surface area contributed by atoms with Gasteiger partial charge in [0, 0.05) is 4.88 Å². The second-order valence-corrected chi connectivity index (χ2v) is 5.44. The number of hydrogen-bond acceptors (Lipinski definition) is 6. The number of methoxy groups -OCH3 is 2. The normalized spacial score (nSPS) is 10.0. The summed E-state index contributed by atoms with van der Waals surface area (Å²) in [4.78, 5) is 25.0. The van der Waals surface area contributed by atoms with Crippen LogP contribution in [0.1, 0.15) is 24.9 Å². The molecular weight excluding hydrogens is 292 g/mol. The van der Waals surface area contributed by atoms with Crippen LogP contribution in [0.2, 0.25) is 0 Å². The van der Waals surface area contributed by atoms with Gasteiger partial charge in [-0.25, -0.2) is 9.59 Å². The van der Waals surface area contributed by atoms with Crippen molar-refractivity contribution >= 4 is 23.3 Å². The molecule has 2 aromatic rings. The second-order valence-electron chi connectivity index (χ2n) is 4.16. The van der Waals surface area contributed by atoms with Crippen molar-refractivity contribution in [1.82, 2.24) is 0 Å². The van der Waals surface area contributed by atoms with Crippen molar-refractivity contribution in [2.45, 2.75) is 6.92 Å². The van der Waals surface area contributed by atoms with E-state index >= 15 is 0 Å². The third-order valence-electron chi connectivity index (χ3n) is 2.73. The molecule has 5 nitrogen and oxygen atoms in total. The predicted octanol–water partition coefficient (Wildman–Crippen LogP) is 3.07. The molecule has 0 radical (unpaired) electrons. The summed E-state index contributed by atoms with van der Waals surface area (Å²) in [6.07, 6.45) is 0. The first-order chi connectivity index (χ1) is 10.0. The lowest BCUT2D eigenvalue weighted by atomic mass is 10.2. The van der Waals surface area contributed by atoms with Gasteiger partial charge in [-0.05, 0) is 37.3 Å². The minimum atomic E-state index is -0.486. The van der Waals surface area contributed by atoms with Crippen LogP contribution in [-0.4, -0.2) is 26.2 Å². The van der Waals surface area contributed by atoms with E-state index in [0.717, 1.165) is 4.88 Å². The Morgan fingerprint density at radius 1 is 1.00 bits per heavy atom. The van der Waals surface area contributed by atoms with Gasteiger partial charge in [-0.3, -0.25) is 0 Å². The molecule has 0 bridgehead atoms. The van der Waals surface area contributed by atoms with Gasteiger partial charge in [0.1, 0.15) is 4.88 Å². The molecule has 1 aromatic carbocycles. The summed E-state index contributed by atoms with van der Waals surface area (Å²) in [5.41, 5.74) is 0.320. The highest BCUT2D eigenvalue weighted by Crippen LogP contribution is 2.29. The van der Waals surface area contributed by atoms with E-state index in [1.54, 1.807) is 6.07 Å². The Morgan fingerprint density at radius 2 is 1.76 bits per heavy atom. The van der Waals surface area contributed by atoms with Crippen molar-refractivity contribution in [2.75, 3.05) is 14.2 Å². The summed E-state index contributed by atoms with van der Waals surface area (Å²) < 4.78 is 15.1. The minimum absolute atomic E-state index is 0.251. The van der Waals surface area contributed by atoms with Gasteiger partial charge in [0.2, 0.25) is 0 Å². The van der Waals surface area contributed by atoms with Crippen molar-refractivity contribution in [3.05, 3.63) is 45.6 Å². The molecule has 0 unspecified atom stereocenters. The molecule has 110 valence electrons. The van der Waals surface area contributed by atoms with Crippen LogP contribution in [0.5, 0.6) is 11.5 Å². The number of carbonyl (C=O) groups is 2. The molecule has 0 N–H and O–H groups in total. The molecule has 21 heavy (non-hydrogen) atoms. The first kappa shape index (κ1) is 15.1. The van der Waals surface area contributed by atoms with E-state index in [1.807, 2.05) is 13.0 Å². The van der Waals surface area contributed by atoms with Crippen LogP contribution in [0.15, 0.2) is 30.3 Å². The maximum absolute atomic E-state index is 12.0. The third kappa shape index (κ3) is 3.41. The van der Waals surface area contributed by atoms with Gasteiger partial charge in [0.15, 0.2) is 11.5 Å². The fourth-order valence-electron chi connectivity index (χ4n) is 1.69. The molecule has 1 heterocycles. The Balaban J connectivity index is 2.23. The Hall–Kier alpha value is -2.34. The SMILES string of the molecule is COC(=O)c1ccc(OC(=O)c2ccc(C)s2)c(OC)c1. The van der Waals surface area contributed by atoms with Gasteiger partial charge in [-0.2, -0.15) is 0 Å². The molecule has 0 aliphatic heterocycles. The first-order valence-corrected chi connectivity index (χ1v) is 6.91. The molecule has 0 fully saturated rings. The monoisotopic (exact) mass is 306 g/mol. The van der Waals surface area contributed by atoms with E-state index in [4.69, 9.17) is 9.47 Å². The molecule has 0 amide bonds. The number of ether oxygens (including phenoxy) is 3. The summed E-state index contributed by atoms with van der Waals surface area (Å²) in [5, 5.41) is 0. The van der Waals surface area contributed by atoms with Crippen LogP contribution in [0.25, 0.3) is 0 Å². The standard InChI is InChI=1S/C15H14O5S/c1-9-4-7-13(21-9)15(17)20-11-6-5-10(14(16)19-3)8-12(11)18-2/h4-8H,1-3H3. The number of hydrogen-bond donors (Lipinski definition) is 0. The minimum Gasteiger partial charge on any atom is -0.493 e. The smallest absolute Gasteiger partial charge is 0.353 e. The lowest BCUT2D eigenvalue weighted by molar-refractivity contribution is 0.0600. The maximum atomic E-state index is 12.0. The Bertz CT molecular complexity index is 674. The summed E-state index contributed by atoms with van der Waals surface area (Å²) in [7, 11) is 2.73. The lowest BCUT2D eigenvalue weighted by Gasteiger charge is -2.09. The van der Waals surface area contributed by atoms with Crippen LogP contribution in [-0.2, 0) is 4.74 Å². The zero-order valence-electron chi connectivity index (χ0n) is 11.8. The van der Waals surface area contributed by atoms with E-state index in [-0.39, 0.29) is 5.75 Å². The van der Waals surface area contributed by atoms with E-state index in [2.05, 4.69) is 4.74 Å². The molecule has 2 rings (SSSR count). The first-order valence-electron chi connectivity index (χ1n) is 6.10. The van der Waals surface area contributed by atoms with Crippen molar-refractivity contribution in [3.63, 3.8) is 0 Å². The molecule has 1 aromatic heterocycles. The van der Waals surface area contributed by atoms with Crippen LogP contribution in [0, 0.1) is 6.92 Å². The number of carbonyl (C=O) groups excluding carboxylic acids is 2. The van der Waals surface area contributed by atoms with E-state index in [9.17, 15) is 9.59 Å². The zero-order valence-corrected chi connectivity index (χ0v) is 12.7. The molecule has 0 atom stereocenters. The number of esters is 2. The highest BCUT2D eigenvalue weighted by molar-refractivity contribution is 7.13. The molecule has 0 spiro atoms. The number of thiophene rings is 1.